The zero-order valence-electron chi connectivity index (χ0n) is 7.41. The lowest BCUT2D eigenvalue weighted by molar-refractivity contribution is 0.112. The number of carbonyl (C=O) groups excluding carboxylic acids is 1. The molecule has 0 aliphatic rings. The van der Waals surface area contributed by atoms with E-state index in [-0.39, 0.29) is 5.56 Å². The summed E-state index contributed by atoms with van der Waals surface area (Å²) in [7, 11) is 0. The third-order valence-electron chi connectivity index (χ3n) is 1.96. The summed E-state index contributed by atoms with van der Waals surface area (Å²) in [6.45, 7) is 0. The smallest absolute Gasteiger partial charge is 0.153 e. The van der Waals surface area contributed by atoms with E-state index in [0.717, 1.165) is 9.60 Å². The summed E-state index contributed by atoms with van der Waals surface area (Å²) in [5, 5.41) is 0.863. The average molecular weight is 226 g/mol. The first-order valence-electron chi connectivity index (χ1n) is 3.97. The minimum Gasteiger partial charge on any atom is -0.298 e. The largest absolute Gasteiger partial charge is 0.298 e. The van der Waals surface area contributed by atoms with E-state index >= 15 is 0 Å². The van der Waals surface area contributed by atoms with E-state index < -0.39 is 5.82 Å². The molecular weight excluding hydrogens is 219 g/mol. The number of halogens is 1. The molecule has 0 aliphatic carbocycles. The molecule has 4 heteroatoms. The highest BCUT2D eigenvalue weighted by atomic mass is 32.2. The summed E-state index contributed by atoms with van der Waals surface area (Å²) in [6.07, 6.45) is 2.50. The van der Waals surface area contributed by atoms with E-state index in [0.29, 0.717) is 11.0 Å². The van der Waals surface area contributed by atoms with Crippen molar-refractivity contribution in [3.63, 3.8) is 0 Å². The van der Waals surface area contributed by atoms with Crippen molar-refractivity contribution in [3.8, 4) is 0 Å². The van der Waals surface area contributed by atoms with Crippen LogP contribution < -0.4 is 0 Å². The molecule has 14 heavy (non-hydrogen) atoms. The first-order chi connectivity index (χ1) is 6.76. The number of aldehydes is 1. The summed E-state index contributed by atoms with van der Waals surface area (Å²) < 4.78 is 15.2. The Kier molecular flexibility index (Phi) is 2.56. The second-order valence-corrected chi connectivity index (χ2v) is 4.93. The van der Waals surface area contributed by atoms with E-state index in [9.17, 15) is 9.18 Å². The van der Waals surface area contributed by atoms with Crippen LogP contribution in [0.2, 0.25) is 0 Å². The topological polar surface area (TPSA) is 17.1 Å². The summed E-state index contributed by atoms with van der Waals surface area (Å²) in [4.78, 5) is 10.5. The van der Waals surface area contributed by atoms with Gasteiger partial charge in [-0.15, -0.1) is 23.1 Å². The van der Waals surface area contributed by atoms with Crippen LogP contribution in [0.25, 0.3) is 10.1 Å². The van der Waals surface area contributed by atoms with Gasteiger partial charge in [-0.1, -0.05) is 6.07 Å². The fraction of sp³-hybridized carbons (Fsp3) is 0.100. The Morgan fingerprint density at radius 3 is 2.93 bits per heavy atom. The Morgan fingerprint density at radius 1 is 1.50 bits per heavy atom. The molecule has 0 atom stereocenters. The van der Waals surface area contributed by atoms with Gasteiger partial charge in [-0.05, 0) is 23.8 Å². The molecule has 1 heterocycles. The summed E-state index contributed by atoms with van der Waals surface area (Å²) in [5.41, 5.74) is 0.131. The molecule has 0 saturated carbocycles. The number of thiophene rings is 1. The average Bonchev–Trinajstić information content (AvgIpc) is 2.62. The standard InChI is InChI=1S/C10H7FOS2/c1-13-8-4-6-2-3-7(5-12)9(11)10(6)14-8/h2-5H,1H3. The fourth-order valence-corrected chi connectivity index (χ4v) is 2.92. The van der Waals surface area contributed by atoms with Crippen LogP contribution >= 0.6 is 23.1 Å². The van der Waals surface area contributed by atoms with Crippen molar-refractivity contribution in [2.75, 3.05) is 6.26 Å². The molecule has 0 N–H and O–H groups in total. The maximum absolute atomic E-state index is 13.6. The van der Waals surface area contributed by atoms with Gasteiger partial charge in [-0.25, -0.2) is 4.39 Å². The second-order valence-electron chi connectivity index (χ2n) is 2.77. The third-order valence-corrected chi connectivity index (χ3v) is 4.17. The van der Waals surface area contributed by atoms with Gasteiger partial charge in [0.25, 0.3) is 0 Å². The molecule has 0 saturated heterocycles. The van der Waals surface area contributed by atoms with Gasteiger partial charge in [-0.2, -0.15) is 0 Å². The van der Waals surface area contributed by atoms with Gasteiger partial charge in [0.15, 0.2) is 12.1 Å². The lowest BCUT2D eigenvalue weighted by Crippen LogP contribution is -1.85. The Labute approximate surface area is 88.9 Å². The quantitative estimate of drug-likeness (QED) is 0.575. The number of benzene rings is 1. The van der Waals surface area contributed by atoms with Crippen LogP contribution in [0.5, 0.6) is 0 Å². The molecule has 0 radical (unpaired) electrons. The van der Waals surface area contributed by atoms with Crippen molar-refractivity contribution >= 4 is 39.5 Å². The molecule has 1 aromatic carbocycles. The van der Waals surface area contributed by atoms with Crippen molar-refractivity contribution in [1.82, 2.24) is 0 Å². The van der Waals surface area contributed by atoms with Gasteiger partial charge < -0.3 is 0 Å². The maximum Gasteiger partial charge on any atom is 0.153 e. The van der Waals surface area contributed by atoms with Crippen molar-refractivity contribution in [2.45, 2.75) is 4.21 Å². The molecule has 72 valence electrons. The highest BCUT2D eigenvalue weighted by Gasteiger charge is 2.09. The number of hydrogen-bond acceptors (Lipinski definition) is 3. The summed E-state index contributed by atoms with van der Waals surface area (Å²) in [6, 6.07) is 5.22. The van der Waals surface area contributed by atoms with Crippen molar-refractivity contribution in [3.05, 3.63) is 29.6 Å². The SMILES string of the molecule is CSc1cc2ccc(C=O)c(F)c2s1. The second kappa shape index (κ2) is 3.71. The minimum atomic E-state index is -0.400. The fourth-order valence-electron chi connectivity index (χ4n) is 1.25. The normalized spacial score (nSPS) is 10.7. The van der Waals surface area contributed by atoms with Crippen molar-refractivity contribution in [2.24, 2.45) is 0 Å². The van der Waals surface area contributed by atoms with E-state index in [1.165, 1.54) is 17.4 Å². The van der Waals surface area contributed by atoms with Crippen LogP contribution in [-0.4, -0.2) is 12.5 Å². The van der Waals surface area contributed by atoms with Gasteiger partial charge in [0.05, 0.1) is 14.5 Å². The van der Waals surface area contributed by atoms with Crippen molar-refractivity contribution < 1.29 is 9.18 Å². The van der Waals surface area contributed by atoms with Crippen LogP contribution in [0.15, 0.2) is 22.4 Å². The first kappa shape index (κ1) is 9.68. The lowest BCUT2D eigenvalue weighted by atomic mass is 10.2. The first-order valence-corrected chi connectivity index (χ1v) is 6.01. The molecule has 0 bridgehead atoms. The van der Waals surface area contributed by atoms with Crippen LogP contribution in [0.3, 0.4) is 0 Å². The Hall–Kier alpha value is -0.870. The number of rotatable bonds is 2. The van der Waals surface area contributed by atoms with Crippen LogP contribution in [0.4, 0.5) is 4.39 Å². The summed E-state index contributed by atoms with van der Waals surface area (Å²) in [5.74, 6) is -0.400. The highest BCUT2D eigenvalue weighted by molar-refractivity contribution is 8.00. The summed E-state index contributed by atoms with van der Waals surface area (Å²) >= 11 is 2.96. The Balaban J connectivity index is 2.74. The zero-order valence-corrected chi connectivity index (χ0v) is 9.05. The molecule has 1 aromatic heterocycles. The number of thioether (sulfide) groups is 1. The maximum atomic E-state index is 13.6. The monoisotopic (exact) mass is 226 g/mol. The van der Waals surface area contributed by atoms with E-state index in [1.54, 1.807) is 17.8 Å². The Morgan fingerprint density at radius 2 is 2.29 bits per heavy atom. The number of hydrogen-bond donors (Lipinski definition) is 0. The molecule has 1 nitrogen and oxygen atoms in total. The van der Waals surface area contributed by atoms with Gasteiger partial charge in [0.2, 0.25) is 0 Å². The van der Waals surface area contributed by atoms with E-state index in [2.05, 4.69) is 0 Å². The molecular formula is C10H7FOS2. The van der Waals surface area contributed by atoms with Gasteiger partial charge in [0.1, 0.15) is 0 Å². The third kappa shape index (κ3) is 1.44. The van der Waals surface area contributed by atoms with Crippen LogP contribution in [0.1, 0.15) is 10.4 Å². The zero-order chi connectivity index (χ0) is 10.1. The molecule has 0 amide bonds. The van der Waals surface area contributed by atoms with Gasteiger partial charge >= 0.3 is 0 Å². The highest BCUT2D eigenvalue weighted by Crippen LogP contribution is 2.34. The van der Waals surface area contributed by atoms with Crippen molar-refractivity contribution in [1.29, 1.82) is 0 Å². The van der Waals surface area contributed by atoms with Gasteiger partial charge in [0, 0.05) is 0 Å². The Bertz CT molecular complexity index is 490. The molecule has 0 unspecified atom stereocenters. The van der Waals surface area contributed by atoms with E-state index in [4.69, 9.17) is 0 Å². The van der Waals surface area contributed by atoms with Gasteiger partial charge in [-0.3, -0.25) is 4.79 Å². The predicted octanol–water partition coefficient (Wildman–Crippen LogP) is 3.57. The number of fused-ring (bicyclic) bond motifs is 1. The van der Waals surface area contributed by atoms with Crippen LogP contribution in [-0.2, 0) is 0 Å². The lowest BCUT2D eigenvalue weighted by Gasteiger charge is -1.94. The molecule has 0 fully saturated rings. The molecule has 2 aromatic rings. The predicted molar refractivity (Wildman–Crippen MR) is 59.0 cm³/mol. The molecule has 2 rings (SSSR count). The van der Waals surface area contributed by atoms with E-state index in [1.807, 2.05) is 12.3 Å². The number of carbonyl (C=O) groups is 1. The minimum absolute atomic E-state index is 0.131. The van der Waals surface area contributed by atoms with Crippen LogP contribution in [0, 0.1) is 5.82 Å². The molecule has 0 spiro atoms. The molecule has 0 aliphatic heterocycles.